The van der Waals surface area contributed by atoms with Crippen molar-refractivity contribution >= 4 is 18.4 Å². The van der Waals surface area contributed by atoms with Gasteiger partial charge in [0.1, 0.15) is 5.78 Å². The number of aliphatic hydroxyl groups excluding tert-OH is 1. The van der Waals surface area contributed by atoms with Gasteiger partial charge in [-0.05, 0) is 61.7 Å². The molecule has 0 aromatic heterocycles. The highest BCUT2D eigenvalue weighted by molar-refractivity contribution is 7.81. The van der Waals surface area contributed by atoms with Gasteiger partial charge >= 0.3 is 0 Å². The Morgan fingerprint density at radius 2 is 1.82 bits per heavy atom. The van der Waals surface area contributed by atoms with Gasteiger partial charge in [0, 0.05) is 17.1 Å². The molecule has 3 fully saturated rings. The predicted octanol–water partition coefficient (Wildman–Crippen LogP) is 4.06. The van der Waals surface area contributed by atoms with Crippen LogP contribution in [0.15, 0.2) is 11.6 Å². The van der Waals surface area contributed by atoms with Crippen molar-refractivity contribution in [3.63, 3.8) is 0 Å². The Labute approximate surface area is 139 Å². The Kier molecular flexibility index (Phi) is 3.37. The fourth-order valence-electron chi connectivity index (χ4n) is 6.38. The lowest BCUT2D eigenvalue weighted by atomic mass is 9.48. The van der Waals surface area contributed by atoms with E-state index in [2.05, 4.69) is 19.9 Å². The average Bonchev–Trinajstić information content (AvgIpc) is 2.77. The maximum atomic E-state index is 12.4. The number of carbonyl (C=O) groups is 1. The molecule has 0 amide bonds. The van der Waals surface area contributed by atoms with Crippen molar-refractivity contribution in [2.45, 2.75) is 70.1 Å². The highest BCUT2D eigenvalue weighted by atomic mass is 32.1. The van der Waals surface area contributed by atoms with E-state index in [-0.39, 0.29) is 22.2 Å². The molecule has 0 aromatic carbocycles. The van der Waals surface area contributed by atoms with Crippen molar-refractivity contribution in [2.24, 2.45) is 28.6 Å². The first-order valence-corrected chi connectivity index (χ1v) is 9.42. The number of rotatable bonds is 0. The quantitative estimate of drug-likeness (QED) is 0.684. The third-order valence-corrected chi connectivity index (χ3v) is 8.24. The summed E-state index contributed by atoms with van der Waals surface area (Å²) in [4.78, 5) is 12.4. The maximum Gasteiger partial charge on any atom is 0.139 e. The Morgan fingerprint density at radius 1 is 1.14 bits per heavy atom. The molecule has 2 nitrogen and oxygen atoms in total. The van der Waals surface area contributed by atoms with Gasteiger partial charge in [-0.25, -0.2) is 0 Å². The van der Waals surface area contributed by atoms with Crippen molar-refractivity contribution in [1.29, 1.82) is 0 Å². The van der Waals surface area contributed by atoms with E-state index in [1.165, 1.54) is 5.57 Å². The molecule has 7 atom stereocenters. The van der Waals surface area contributed by atoms with Gasteiger partial charge in [0.25, 0.3) is 0 Å². The molecule has 0 saturated heterocycles. The highest BCUT2D eigenvalue weighted by Gasteiger charge is 2.60. The van der Waals surface area contributed by atoms with Crippen LogP contribution in [0.3, 0.4) is 0 Å². The molecule has 0 bridgehead atoms. The van der Waals surface area contributed by atoms with Gasteiger partial charge in [0.05, 0.1) is 6.10 Å². The van der Waals surface area contributed by atoms with E-state index in [1.807, 2.05) is 0 Å². The molecular weight excluding hydrogens is 292 g/mol. The van der Waals surface area contributed by atoms with Crippen molar-refractivity contribution in [3.8, 4) is 0 Å². The van der Waals surface area contributed by atoms with Crippen LogP contribution in [-0.4, -0.2) is 22.2 Å². The van der Waals surface area contributed by atoms with Gasteiger partial charge in [-0.1, -0.05) is 38.1 Å². The van der Waals surface area contributed by atoms with E-state index < -0.39 is 0 Å². The Hall–Kier alpha value is -0.280. The molecular formula is C19H27O2S. The summed E-state index contributed by atoms with van der Waals surface area (Å²) in [6, 6.07) is 0. The molecule has 3 heteroatoms. The van der Waals surface area contributed by atoms with Crippen LogP contribution >= 0.6 is 12.6 Å². The van der Waals surface area contributed by atoms with Crippen LogP contribution in [0, 0.1) is 28.6 Å². The molecule has 1 N–H and O–H groups in total. The third-order valence-electron chi connectivity index (χ3n) is 7.79. The summed E-state index contributed by atoms with van der Waals surface area (Å²) in [7, 11) is 0. The summed E-state index contributed by atoms with van der Waals surface area (Å²) >= 11 is 5.89. The molecule has 22 heavy (non-hydrogen) atoms. The molecule has 4 rings (SSSR count). The van der Waals surface area contributed by atoms with Crippen LogP contribution in [0.2, 0.25) is 0 Å². The first-order chi connectivity index (χ1) is 10.4. The number of hydrogen-bond donors (Lipinski definition) is 1. The number of hydrogen-bond acceptors (Lipinski definition) is 2. The lowest BCUT2D eigenvalue weighted by Gasteiger charge is -2.58. The Morgan fingerprint density at radius 3 is 2.59 bits per heavy atom. The molecule has 0 spiro atoms. The smallest absolute Gasteiger partial charge is 0.139 e. The first-order valence-electron chi connectivity index (χ1n) is 8.94. The van der Waals surface area contributed by atoms with Crippen molar-refractivity contribution in [1.82, 2.24) is 0 Å². The Bertz CT molecular complexity index is 542. The number of Topliss-reactive ketones (excluding diaryl/α,β-unsaturated/α-hetero) is 1. The molecule has 0 heterocycles. The van der Waals surface area contributed by atoms with Crippen LogP contribution in [0.25, 0.3) is 0 Å². The van der Waals surface area contributed by atoms with Crippen molar-refractivity contribution < 1.29 is 9.90 Å². The van der Waals surface area contributed by atoms with Gasteiger partial charge in [-0.15, -0.1) is 0 Å². The van der Waals surface area contributed by atoms with Gasteiger partial charge < -0.3 is 5.11 Å². The summed E-state index contributed by atoms with van der Waals surface area (Å²) in [5.41, 5.74) is 1.53. The number of fused-ring (bicyclic) bond motifs is 5. The molecule has 3 saturated carbocycles. The van der Waals surface area contributed by atoms with Crippen molar-refractivity contribution in [2.75, 3.05) is 0 Å². The minimum absolute atomic E-state index is 0.103. The summed E-state index contributed by atoms with van der Waals surface area (Å²) in [6.07, 6.45) is 8.93. The number of carbonyl (C=O) groups excluding carboxylic acids is 1. The average molecular weight is 319 g/mol. The second kappa shape index (κ2) is 4.86. The summed E-state index contributed by atoms with van der Waals surface area (Å²) in [5, 5.41) is 10.2. The molecule has 1 radical (unpaired) electrons. The van der Waals surface area contributed by atoms with Gasteiger partial charge in [-0.2, -0.15) is 0 Å². The second-order valence-electron chi connectivity index (χ2n) is 8.68. The van der Waals surface area contributed by atoms with Gasteiger partial charge in [-0.3, -0.25) is 4.79 Å². The number of ketones is 1. The van der Waals surface area contributed by atoms with Crippen LogP contribution in [0.1, 0.15) is 58.8 Å². The number of aliphatic hydroxyl groups is 1. The fraction of sp³-hybridized carbons (Fsp3) is 0.842. The molecule has 0 aromatic rings. The lowest BCUT2D eigenvalue weighted by molar-refractivity contribution is -0.131. The fourth-order valence-corrected chi connectivity index (χ4v) is 6.92. The van der Waals surface area contributed by atoms with Gasteiger partial charge in [0.2, 0.25) is 0 Å². The molecule has 4 aliphatic rings. The maximum absolute atomic E-state index is 12.4. The minimum atomic E-state index is -0.181. The zero-order valence-electron chi connectivity index (χ0n) is 13.7. The van der Waals surface area contributed by atoms with Crippen molar-refractivity contribution in [3.05, 3.63) is 11.6 Å². The van der Waals surface area contributed by atoms with E-state index in [9.17, 15) is 9.90 Å². The predicted molar refractivity (Wildman–Crippen MR) is 89.5 cm³/mol. The second-order valence-corrected chi connectivity index (χ2v) is 9.22. The summed E-state index contributed by atoms with van der Waals surface area (Å²) < 4.78 is 0. The van der Waals surface area contributed by atoms with Crippen LogP contribution in [-0.2, 0) is 4.79 Å². The molecule has 1 unspecified atom stereocenters. The normalized spacial score (nSPS) is 54.3. The summed E-state index contributed by atoms with van der Waals surface area (Å²) in [5.74, 6) is 2.08. The monoisotopic (exact) mass is 319 g/mol. The molecule has 4 aliphatic carbocycles. The van der Waals surface area contributed by atoms with Gasteiger partial charge in [0.15, 0.2) is 0 Å². The minimum Gasteiger partial charge on any atom is -0.393 e. The topological polar surface area (TPSA) is 37.3 Å². The highest BCUT2D eigenvalue weighted by Crippen LogP contribution is 2.64. The largest absolute Gasteiger partial charge is 0.393 e. The standard InChI is InChI=1S/C19H27O2S/c1-18-7-5-12(20)9-11(18)10-15(22)17-13-3-4-16(21)19(13,2)8-6-14(17)18/h10,12-15,17,20H,3-9H2,1-2H3/t12-,13-,14-,15?,17-,18-,19-/m0/s1. The molecule has 121 valence electrons. The van der Waals surface area contributed by atoms with E-state index in [1.54, 1.807) is 0 Å². The Balaban J connectivity index is 1.75. The lowest BCUT2D eigenvalue weighted by Crippen LogP contribution is -2.53. The van der Waals surface area contributed by atoms with Crippen LogP contribution in [0.4, 0.5) is 0 Å². The molecule has 0 aliphatic heterocycles. The van der Waals surface area contributed by atoms with E-state index in [0.29, 0.717) is 23.5 Å². The van der Waals surface area contributed by atoms with E-state index in [0.717, 1.165) is 44.9 Å². The van der Waals surface area contributed by atoms with Crippen LogP contribution in [0.5, 0.6) is 0 Å². The van der Waals surface area contributed by atoms with E-state index >= 15 is 0 Å². The SMILES string of the molecule is C[C@]12CC[C@H](O)CC1=CC([S])[C@@H]1[C@@H]2CC[C@]2(C)C(=O)CC[C@@H]12. The third kappa shape index (κ3) is 1.87. The van der Waals surface area contributed by atoms with E-state index in [4.69, 9.17) is 12.6 Å². The zero-order chi connectivity index (χ0) is 15.7. The van der Waals surface area contributed by atoms with Crippen LogP contribution < -0.4 is 0 Å². The first kappa shape index (κ1) is 15.3. The zero-order valence-corrected chi connectivity index (χ0v) is 14.5. The summed E-state index contributed by atoms with van der Waals surface area (Å²) in [6.45, 7) is 4.61.